The van der Waals surface area contributed by atoms with Crippen molar-refractivity contribution >= 4 is 40.2 Å². The quantitative estimate of drug-likeness (QED) is 0.597. The highest BCUT2D eigenvalue weighted by Gasteiger charge is 2.21. The van der Waals surface area contributed by atoms with Gasteiger partial charge in [0.05, 0.1) is 16.4 Å². The number of methoxy groups -OCH3 is 1. The van der Waals surface area contributed by atoms with Gasteiger partial charge in [-0.15, -0.1) is 0 Å². The van der Waals surface area contributed by atoms with Gasteiger partial charge in [0, 0.05) is 17.6 Å². The van der Waals surface area contributed by atoms with Gasteiger partial charge in [0.15, 0.2) is 5.69 Å². The molecule has 0 atom stereocenters. The summed E-state index contributed by atoms with van der Waals surface area (Å²) >= 11 is 7.95. The van der Waals surface area contributed by atoms with Crippen LogP contribution in [0.3, 0.4) is 0 Å². The highest BCUT2D eigenvalue weighted by molar-refractivity contribution is 14.1. The number of hydrogen-bond acceptors (Lipinski definition) is 3. The number of hydrogen-bond donors (Lipinski definition) is 0. The van der Waals surface area contributed by atoms with Crippen LogP contribution in [0.2, 0.25) is 5.02 Å². The molecule has 1 heterocycles. The topological polar surface area (TPSA) is 44.1 Å². The fourth-order valence-corrected chi connectivity index (χ4v) is 2.76. The van der Waals surface area contributed by atoms with Crippen LogP contribution in [0.5, 0.6) is 0 Å². The standard InChI is InChI=1S/C12H10ClIN2O2/c1-16-11(7-3-5-8(13)6-4-7)9(14)10(15-16)12(17)18-2/h3-6H,1-2H3. The van der Waals surface area contributed by atoms with Gasteiger partial charge in [-0.2, -0.15) is 5.10 Å². The van der Waals surface area contributed by atoms with Crippen LogP contribution in [0.25, 0.3) is 11.3 Å². The number of aryl methyl sites for hydroxylation is 1. The summed E-state index contributed by atoms with van der Waals surface area (Å²) in [6.07, 6.45) is 0. The Bertz CT molecular complexity index is 593. The van der Waals surface area contributed by atoms with Crippen LogP contribution in [0.4, 0.5) is 0 Å². The molecule has 4 nitrogen and oxygen atoms in total. The van der Waals surface area contributed by atoms with E-state index in [-0.39, 0.29) is 0 Å². The number of nitrogens with zero attached hydrogens (tertiary/aromatic N) is 2. The van der Waals surface area contributed by atoms with Crippen LogP contribution >= 0.6 is 34.2 Å². The largest absolute Gasteiger partial charge is 0.464 e. The number of esters is 1. The van der Waals surface area contributed by atoms with E-state index in [4.69, 9.17) is 16.3 Å². The molecular weight excluding hydrogens is 367 g/mol. The monoisotopic (exact) mass is 376 g/mol. The van der Waals surface area contributed by atoms with Crippen molar-refractivity contribution in [1.29, 1.82) is 0 Å². The predicted molar refractivity (Wildman–Crippen MR) is 77.7 cm³/mol. The van der Waals surface area contributed by atoms with E-state index >= 15 is 0 Å². The molecule has 2 rings (SSSR count). The zero-order chi connectivity index (χ0) is 13.3. The molecule has 6 heteroatoms. The average Bonchev–Trinajstić information content (AvgIpc) is 2.65. The molecular formula is C12H10ClIN2O2. The third-order valence-electron chi connectivity index (χ3n) is 2.49. The van der Waals surface area contributed by atoms with Crippen LogP contribution in [-0.4, -0.2) is 22.9 Å². The first-order chi connectivity index (χ1) is 8.54. The Balaban J connectivity index is 2.55. The molecule has 0 aliphatic heterocycles. The van der Waals surface area contributed by atoms with Crippen LogP contribution in [0.15, 0.2) is 24.3 Å². The van der Waals surface area contributed by atoms with E-state index in [1.807, 2.05) is 12.1 Å². The molecule has 0 spiro atoms. The molecule has 2 aromatic rings. The SMILES string of the molecule is COC(=O)c1nn(C)c(-c2ccc(Cl)cc2)c1I. The van der Waals surface area contributed by atoms with Gasteiger partial charge >= 0.3 is 5.97 Å². The molecule has 0 saturated heterocycles. The van der Waals surface area contributed by atoms with Gasteiger partial charge in [0.25, 0.3) is 0 Å². The molecule has 0 aliphatic carbocycles. The molecule has 0 aliphatic rings. The molecule has 1 aromatic heterocycles. The van der Waals surface area contributed by atoms with Gasteiger partial charge in [-0.05, 0) is 34.7 Å². The highest BCUT2D eigenvalue weighted by Crippen LogP contribution is 2.28. The molecule has 0 unspecified atom stereocenters. The minimum atomic E-state index is -0.435. The summed E-state index contributed by atoms with van der Waals surface area (Å²) in [6.45, 7) is 0. The Morgan fingerprint density at radius 3 is 2.56 bits per heavy atom. The molecule has 0 radical (unpaired) electrons. The second kappa shape index (κ2) is 5.27. The van der Waals surface area contributed by atoms with Gasteiger partial charge in [-0.25, -0.2) is 4.79 Å². The van der Waals surface area contributed by atoms with Gasteiger partial charge in [0.2, 0.25) is 0 Å². The zero-order valence-electron chi connectivity index (χ0n) is 9.78. The number of halogens is 2. The van der Waals surface area contributed by atoms with Crippen molar-refractivity contribution in [3.8, 4) is 11.3 Å². The van der Waals surface area contributed by atoms with Crippen molar-refractivity contribution in [2.75, 3.05) is 7.11 Å². The maximum absolute atomic E-state index is 11.6. The maximum atomic E-state index is 11.6. The van der Waals surface area contributed by atoms with E-state index in [0.717, 1.165) is 14.8 Å². The van der Waals surface area contributed by atoms with Crippen molar-refractivity contribution in [2.45, 2.75) is 0 Å². The van der Waals surface area contributed by atoms with Gasteiger partial charge in [-0.1, -0.05) is 23.7 Å². The summed E-state index contributed by atoms with van der Waals surface area (Å²) in [5.74, 6) is -0.435. The predicted octanol–water partition coefficient (Wildman–Crippen LogP) is 3.13. The van der Waals surface area contributed by atoms with Crippen molar-refractivity contribution < 1.29 is 9.53 Å². The van der Waals surface area contributed by atoms with Crippen LogP contribution in [0, 0.1) is 3.57 Å². The minimum absolute atomic E-state index is 0.325. The number of rotatable bonds is 2. The van der Waals surface area contributed by atoms with E-state index in [1.165, 1.54) is 7.11 Å². The summed E-state index contributed by atoms with van der Waals surface area (Å²) in [7, 11) is 3.13. The second-order valence-electron chi connectivity index (χ2n) is 3.63. The van der Waals surface area contributed by atoms with Crippen molar-refractivity contribution in [3.63, 3.8) is 0 Å². The van der Waals surface area contributed by atoms with Crippen molar-refractivity contribution in [2.24, 2.45) is 7.05 Å². The molecule has 0 fully saturated rings. The zero-order valence-corrected chi connectivity index (χ0v) is 12.7. The molecule has 0 N–H and O–H groups in total. The average molecular weight is 377 g/mol. The van der Waals surface area contributed by atoms with Crippen molar-refractivity contribution in [3.05, 3.63) is 38.6 Å². The molecule has 0 bridgehead atoms. The molecule has 18 heavy (non-hydrogen) atoms. The second-order valence-corrected chi connectivity index (χ2v) is 5.15. The Hall–Kier alpha value is -1.08. The number of ether oxygens (including phenoxy) is 1. The highest BCUT2D eigenvalue weighted by atomic mass is 127. The van der Waals surface area contributed by atoms with Gasteiger partial charge in [-0.3, -0.25) is 4.68 Å². The third-order valence-corrected chi connectivity index (χ3v) is 3.76. The number of benzene rings is 1. The first-order valence-corrected chi connectivity index (χ1v) is 6.57. The van der Waals surface area contributed by atoms with E-state index in [1.54, 1.807) is 23.9 Å². The third kappa shape index (κ3) is 2.37. The van der Waals surface area contributed by atoms with E-state index < -0.39 is 5.97 Å². The Kier molecular flexibility index (Phi) is 3.91. The fourth-order valence-electron chi connectivity index (χ4n) is 1.65. The van der Waals surface area contributed by atoms with E-state index in [9.17, 15) is 4.79 Å². The lowest BCUT2D eigenvalue weighted by Gasteiger charge is -2.02. The summed E-state index contributed by atoms with van der Waals surface area (Å²) in [6, 6.07) is 7.39. The van der Waals surface area contributed by atoms with Crippen molar-refractivity contribution in [1.82, 2.24) is 9.78 Å². The van der Waals surface area contributed by atoms with Gasteiger partial charge in [0.1, 0.15) is 0 Å². The van der Waals surface area contributed by atoms with E-state index in [0.29, 0.717) is 10.7 Å². The molecule has 0 saturated carbocycles. The van der Waals surface area contributed by atoms with Crippen LogP contribution in [-0.2, 0) is 11.8 Å². The summed E-state index contributed by atoms with van der Waals surface area (Å²) in [4.78, 5) is 11.6. The first kappa shape index (κ1) is 13.4. The summed E-state index contributed by atoms with van der Waals surface area (Å²) in [5, 5.41) is 4.85. The first-order valence-electron chi connectivity index (χ1n) is 5.11. The van der Waals surface area contributed by atoms with E-state index in [2.05, 4.69) is 27.7 Å². The summed E-state index contributed by atoms with van der Waals surface area (Å²) < 4.78 is 7.13. The Morgan fingerprint density at radius 2 is 2.00 bits per heavy atom. The smallest absolute Gasteiger partial charge is 0.359 e. The molecule has 1 aromatic carbocycles. The lowest BCUT2D eigenvalue weighted by Crippen LogP contribution is -2.04. The maximum Gasteiger partial charge on any atom is 0.359 e. The lowest BCUT2D eigenvalue weighted by atomic mass is 10.1. The number of aromatic nitrogens is 2. The number of carbonyl (C=O) groups excluding carboxylic acids is 1. The number of carbonyl (C=O) groups is 1. The lowest BCUT2D eigenvalue weighted by molar-refractivity contribution is 0.0592. The van der Waals surface area contributed by atoms with Crippen LogP contribution < -0.4 is 0 Å². The fraction of sp³-hybridized carbons (Fsp3) is 0.167. The summed E-state index contributed by atoms with van der Waals surface area (Å²) in [5.41, 5.74) is 2.15. The molecule has 0 amide bonds. The van der Waals surface area contributed by atoms with Gasteiger partial charge < -0.3 is 4.74 Å². The Labute approximate surface area is 123 Å². The molecule has 94 valence electrons. The minimum Gasteiger partial charge on any atom is -0.464 e. The van der Waals surface area contributed by atoms with Crippen LogP contribution in [0.1, 0.15) is 10.5 Å². The Morgan fingerprint density at radius 1 is 1.39 bits per heavy atom. The normalized spacial score (nSPS) is 10.4.